The lowest BCUT2D eigenvalue weighted by molar-refractivity contribution is -0.384. The lowest BCUT2D eigenvalue weighted by atomic mass is 10.0. The summed E-state index contributed by atoms with van der Waals surface area (Å²) in [6, 6.07) is 7.04. The van der Waals surface area contributed by atoms with Gasteiger partial charge in [0.25, 0.3) is 5.69 Å². The Morgan fingerprint density at radius 2 is 1.95 bits per heavy atom. The first kappa shape index (κ1) is 15.6. The van der Waals surface area contributed by atoms with Gasteiger partial charge in [-0.15, -0.1) is 0 Å². The van der Waals surface area contributed by atoms with Crippen molar-refractivity contribution in [1.29, 1.82) is 0 Å². The van der Waals surface area contributed by atoms with Crippen LogP contribution in [0.2, 0.25) is 0 Å². The van der Waals surface area contributed by atoms with E-state index in [9.17, 15) is 10.1 Å². The first-order chi connectivity index (χ1) is 9.04. The van der Waals surface area contributed by atoms with Gasteiger partial charge in [0.2, 0.25) is 0 Å². The van der Waals surface area contributed by atoms with E-state index in [0.717, 1.165) is 18.5 Å². The van der Waals surface area contributed by atoms with Crippen LogP contribution in [0.4, 0.5) is 5.69 Å². The quantitative estimate of drug-likeness (QED) is 0.579. The fourth-order valence-corrected chi connectivity index (χ4v) is 1.85. The second kappa shape index (κ2) is 7.86. The Morgan fingerprint density at radius 3 is 2.42 bits per heavy atom. The molecule has 0 aliphatic rings. The van der Waals surface area contributed by atoms with Gasteiger partial charge in [-0.1, -0.05) is 26.0 Å². The van der Waals surface area contributed by atoms with Crippen LogP contribution >= 0.6 is 0 Å². The standard InChI is InChI=1S/C14H22N2O3/c1-11(2)14(10-19-3)15-9-8-12-4-6-13(7-5-12)16(17)18/h4-7,11,14-15H,8-10H2,1-3H3. The molecule has 0 radical (unpaired) electrons. The molecule has 0 bridgehead atoms. The first-order valence-electron chi connectivity index (χ1n) is 6.50. The summed E-state index contributed by atoms with van der Waals surface area (Å²) in [5, 5.41) is 14.0. The van der Waals surface area contributed by atoms with Crippen LogP contribution in [-0.4, -0.2) is 31.2 Å². The van der Waals surface area contributed by atoms with Crippen molar-refractivity contribution in [3.63, 3.8) is 0 Å². The van der Waals surface area contributed by atoms with E-state index in [1.165, 1.54) is 0 Å². The van der Waals surface area contributed by atoms with Crippen molar-refractivity contribution in [2.24, 2.45) is 5.92 Å². The summed E-state index contributed by atoms with van der Waals surface area (Å²) in [6.07, 6.45) is 0.852. The summed E-state index contributed by atoms with van der Waals surface area (Å²) in [7, 11) is 1.70. The summed E-state index contributed by atoms with van der Waals surface area (Å²) < 4.78 is 5.17. The third kappa shape index (κ3) is 5.36. The van der Waals surface area contributed by atoms with Gasteiger partial charge in [0.05, 0.1) is 11.5 Å². The highest BCUT2D eigenvalue weighted by atomic mass is 16.6. The number of hydrogen-bond acceptors (Lipinski definition) is 4. The Morgan fingerprint density at radius 1 is 1.32 bits per heavy atom. The van der Waals surface area contributed by atoms with Crippen molar-refractivity contribution >= 4 is 5.69 Å². The molecule has 0 aliphatic carbocycles. The van der Waals surface area contributed by atoms with Crippen LogP contribution in [0.25, 0.3) is 0 Å². The number of nitro benzene ring substituents is 1. The fourth-order valence-electron chi connectivity index (χ4n) is 1.85. The van der Waals surface area contributed by atoms with E-state index >= 15 is 0 Å². The number of nitrogens with zero attached hydrogens (tertiary/aromatic N) is 1. The van der Waals surface area contributed by atoms with Gasteiger partial charge in [0.15, 0.2) is 0 Å². The molecule has 1 aromatic rings. The minimum Gasteiger partial charge on any atom is -0.383 e. The van der Waals surface area contributed by atoms with Crippen LogP contribution in [0.1, 0.15) is 19.4 Å². The van der Waals surface area contributed by atoms with Crippen molar-refractivity contribution in [3.05, 3.63) is 39.9 Å². The van der Waals surface area contributed by atoms with Gasteiger partial charge in [-0.05, 0) is 24.4 Å². The monoisotopic (exact) mass is 266 g/mol. The summed E-state index contributed by atoms with van der Waals surface area (Å²) in [4.78, 5) is 10.2. The SMILES string of the molecule is COCC(NCCc1ccc([N+](=O)[O-])cc1)C(C)C. The van der Waals surface area contributed by atoms with E-state index in [-0.39, 0.29) is 10.6 Å². The smallest absolute Gasteiger partial charge is 0.269 e. The molecule has 19 heavy (non-hydrogen) atoms. The van der Waals surface area contributed by atoms with Gasteiger partial charge in [0.1, 0.15) is 0 Å². The van der Waals surface area contributed by atoms with Gasteiger partial charge in [-0.25, -0.2) is 0 Å². The first-order valence-corrected chi connectivity index (χ1v) is 6.50. The van der Waals surface area contributed by atoms with Crippen LogP contribution in [0.5, 0.6) is 0 Å². The molecule has 5 nitrogen and oxygen atoms in total. The summed E-state index contributed by atoms with van der Waals surface area (Å²) >= 11 is 0. The van der Waals surface area contributed by atoms with Crippen LogP contribution < -0.4 is 5.32 Å². The third-order valence-corrected chi connectivity index (χ3v) is 3.12. The average Bonchev–Trinajstić information content (AvgIpc) is 2.38. The zero-order valence-corrected chi connectivity index (χ0v) is 11.8. The molecule has 0 heterocycles. The Kier molecular flexibility index (Phi) is 6.45. The number of non-ortho nitro benzene ring substituents is 1. The molecule has 1 unspecified atom stereocenters. The largest absolute Gasteiger partial charge is 0.383 e. The van der Waals surface area contributed by atoms with Crippen LogP contribution in [0, 0.1) is 16.0 Å². The summed E-state index contributed by atoms with van der Waals surface area (Å²) in [5.74, 6) is 0.511. The van der Waals surface area contributed by atoms with Crippen LogP contribution in [0.3, 0.4) is 0 Å². The van der Waals surface area contributed by atoms with Gasteiger partial charge < -0.3 is 10.1 Å². The number of nitro groups is 1. The molecule has 5 heteroatoms. The fraction of sp³-hybridized carbons (Fsp3) is 0.571. The van der Waals surface area contributed by atoms with Gasteiger partial charge in [-0.2, -0.15) is 0 Å². The van der Waals surface area contributed by atoms with E-state index in [1.807, 2.05) is 0 Å². The number of benzene rings is 1. The molecule has 0 saturated carbocycles. The molecule has 1 aromatic carbocycles. The molecular weight excluding hydrogens is 244 g/mol. The Labute approximate surface area is 114 Å². The Balaban J connectivity index is 2.41. The number of nitrogens with one attached hydrogen (secondary N) is 1. The molecule has 0 spiro atoms. The van der Waals surface area contributed by atoms with Crippen molar-refractivity contribution in [2.75, 3.05) is 20.3 Å². The molecular formula is C14H22N2O3. The Hall–Kier alpha value is -1.46. The second-order valence-electron chi connectivity index (χ2n) is 4.93. The maximum atomic E-state index is 10.5. The molecule has 0 aliphatic heterocycles. The zero-order valence-electron chi connectivity index (χ0n) is 11.8. The van der Waals surface area contributed by atoms with Crippen LogP contribution in [-0.2, 0) is 11.2 Å². The molecule has 0 amide bonds. The van der Waals surface area contributed by atoms with E-state index in [0.29, 0.717) is 18.6 Å². The minimum absolute atomic E-state index is 0.135. The lowest BCUT2D eigenvalue weighted by Gasteiger charge is -2.21. The highest BCUT2D eigenvalue weighted by Crippen LogP contribution is 2.12. The van der Waals surface area contributed by atoms with Crippen molar-refractivity contribution in [2.45, 2.75) is 26.3 Å². The highest BCUT2D eigenvalue weighted by molar-refractivity contribution is 5.32. The normalized spacial score (nSPS) is 12.6. The highest BCUT2D eigenvalue weighted by Gasteiger charge is 2.11. The van der Waals surface area contributed by atoms with Crippen molar-refractivity contribution in [3.8, 4) is 0 Å². The molecule has 0 aromatic heterocycles. The lowest BCUT2D eigenvalue weighted by Crippen LogP contribution is -2.38. The minimum atomic E-state index is -0.380. The number of methoxy groups -OCH3 is 1. The maximum Gasteiger partial charge on any atom is 0.269 e. The van der Waals surface area contributed by atoms with E-state index in [1.54, 1.807) is 31.4 Å². The summed E-state index contributed by atoms with van der Waals surface area (Å²) in [5.41, 5.74) is 1.23. The molecule has 1 atom stereocenters. The number of hydrogen-bond donors (Lipinski definition) is 1. The summed E-state index contributed by atoms with van der Waals surface area (Å²) in [6.45, 7) is 5.84. The van der Waals surface area contributed by atoms with Crippen LogP contribution in [0.15, 0.2) is 24.3 Å². The van der Waals surface area contributed by atoms with Gasteiger partial charge in [-0.3, -0.25) is 10.1 Å². The number of ether oxygens (including phenoxy) is 1. The van der Waals surface area contributed by atoms with E-state index in [4.69, 9.17) is 4.74 Å². The maximum absolute atomic E-state index is 10.5. The average molecular weight is 266 g/mol. The van der Waals surface area contributed by atoms with Crippen molar-refractivity contribution < 1.29 is 9.66 Å². The zero-order chi connectivity index (χ0) is 14.3. The molecule has 0 saturated heterocycles. The number of rotatable bonds is 8. The molecule has 1 N–H and O–H groups in total. The predicted molar refractivity (Wildman–Crippen MR) is 75.3 cm³/mol. The molecule has 1 rings (SSSR count). The predicted octanol–water partition coefficient (Wildman–Crippen LogP) is 2.40. The van der Waals surface area contributed by atoms with E-state index in [2.05, 4.69) is 19.2 Å². The van der Waals surface area contributed by atoms with Gasteiger partial charge in [0, 0.05) is 25.3 Å². The van der Waals surface area contributed by atoms with E-state index < -0.39 is 0 Å². The topological polar surface area (TPSA) is 64.4 Å². The molecule has 106 valence electrons. The molecule has 0 fully saturated rings. The van der Waals surface area contributed by atoms with Crippen molar-refractivity contribution in [1.82, 2.24) is 5.32 Å². The second-order valence-corrected chi connectivity index (χ2v) is 4.93. The third-order valence-electron chi connectivity index (χ3n) is 3.12. The Bertz CT molecular complexity index is 390. The van der Waals surface area contributed by atoms with Gasteiger partial charge >= 0.3 is 0 Å².